The number of hydrogen-bond donors (Lipinski definition) is 1. The second-order valence-corrected chi connectivity index (χ2v) is 5.56. The number of anilines is 1. The summed E-state index contributed by atoms with van der Waals surface area (Å²) in [6.07, 6.45) is 5.57. The van der Waals surface area contributed by atoms with Gasteiger partial charge in [0.15, 0.2) is 12.4 Å². The van der Waals surface area contributed by atoms with E-state index < -0.39 is 0 Å². The van der Waals surface area contributed by atoms with E-state index in [2.05, 4.69) is 15.3 Å². The summed E-state index contributed by atoms with van der Waals surface area (Å²) in [5.41, 5.74) is 8.45. The minimum absolute atomic E-state index is 0. The average Bonchev–Trinajstić information content (AvgIpc) is 2.90. The number of azo groups is 1. The summed E-state index contributed by atoms with van der Waals surface area (Å²) in [7, 11) is 1.97. The summed E-state index contributed by atoms with van der Waals surface area (Å²) in [5, 5.41) is 13.2. The van der Waals surface area contributed by atoms with Gasteiger partial charge >= 0.3 is 0 Å². The van der Waals surface area contributed by atoms with Crippen LogP contribution in [-0.4, -0.2) is 9.78 Å². The second-order valence-electron chi connectivity index (χ2n) is 5.12. The van der Waals surface area contributed by atoms with Gasteiger partial charge in [0.1, 0.15) is 18.6 Å². The third-order valence-electron chi connectivity index (χ3n) is 3.34. The lowest BCUT2D eigenvalue weighted by molar-refractivity contribution is -0.671. The first kappa shape index (κ1) is 17.9. The molecule has 0 amide bonds. The molecule has 24 heavy (non-hydrogen) atoms. The summed E-state index contributed by atoms with van der Waals surface area (Å²) in [4.78, 5) is 0. The molecule has 0 atom stereocenters. The number of nitrogens with zero attached hydrogens (tertiary/aromatic N) is 5. The first-order chi connectivity index (χ1) is 11.1. The first-order valence-corrected chi connectivity index (χ1v) is 7.42. The van der Waals surface area contributed by atoms with Crippen molar-refractivity contribution in [1.29, 1.82) is 0 Å². The lowest BCUT2D eigenvalue weighted by atomic mass is 10.3. The first-order valence-electron chi connectivity index (χ1n) is 7.04. The summed E-state index contributed by atoms with van der Waals surface area (Å²) in [6.45, 7) is 0.586. The maximum absolute atomic E-state index is 6.09. The van der Waals surface area contributed by atoms with E-state index in [1.807, 2.05) is 36.1 Å². The van der Waals surface area contributed by atoms with E-state index in [-0.39, 0.29) is 12.4 Å². The van der Waals surface area contributed by atoms with Gasteiger partial charge in [-0.2, -0.15) is 10.2 Å². The molecule has 6 nitrogen and oxygen atoms in total. The lowest BCUT2D eigenvalue weighted by Crippen LogP contribution is -3.00. The molecule has 2 heterocycles. The topological polar surface area (TPSA) is 72.4 Å². The highest BCUT2D eigenvalue weighted by Crippen LogP contribution is 2.25. The number of nitrogen functional groups attached to an aromatic ring is 1. The molecule has 0 spiro atoms. The van der Waals surface area contributed by atoms with E-state index >= 15 is 0 Å². The van der Waals surface area contributed by atoms with Crippen molar-refractivity contribution in [3.63, 3.8) is 0 Å². The predicted octanol–water partition coefficient (Wildman–Crippen LogP) is 0.411. The van der Waals surface area contributed by atoms with E-state index in [4.69, 9.17) is 17.3 Å². The third-order valence-corrected chi connectivity index (χ3v) is 3.59. The fourth-order valence-corrected chi connectivity index (χ4v) is 2.14. The SMILES string of the molecule is C[n+]1ccc(Cn2ncc(/N=N/c3ccc(Cl)cc3)c2N)cc1.[Cl-]. The summed E-state index contributed by atoms with van der Waals surface area (Å²) in [5.74, 6) is 0.482. The van der Waals surface area contributed by atoms with Crippen molar-refractivity contribution >= 4 is 28.8 Å². The Balaban J connectivity index is 0.00000208. The molecule has 3 rings (SSSR count). The largest absolute Gasteiger partial charge is 1.00 e. The van der Waals surface area contributed by atoms with E-state index in [9.17, 15) is 0 Å². The van der Waals surface area contributed by atoms with Gasteiger partial charge in [-0.25, -0.2) is 9.25 Å². The zero-order chi connectivity index (χ0) is 16.2. The van der Waals surface area contributed by atoms with Gasteiger partial charge < -0.3 is 18.1 Å². The molecule has 2 aromatic heterocycles. The molecule has 8 heteroatoms. The van der Waals surface area contributed by atoms with Crippen LogP contribution in [0.4, 0.5) is 17.2 Å². The highest BCUT2D eigenvalue weighted by Gasteiger charge is 2.08. The van der Waals surface area contributed by atoms with Crippen molar-refractivity contribution in [3.8, 4) is 0 Å². The molecule has 0 fully saturated rings. The number of rotatable bonds is 4. The fraction of sp³-hybridized carbons (Fsp3) is 0.125. The standard InChI is InChI=1S/C16H16ClN6.ClH/c1-22-8-6-12(7-9-22)11-23-16(18)15(10-19-23)21-20-14-4-2-13(17)3-5-14;/h2-10H,11,18H2,1H3;1H/q+1;/p-1/b21-20+;. The van der Waals surface area contributed by atoms with Crippen molar-refractivity contribution in [2.45, 2.75) is 6.54 Å². The molecule has 0 radical (unpaired) electrons. The van der Waals surface area contributed by atoms with Crippen LogP contribution in [0.5, 0.6) is 0 Å². The van der Waals surface area contributed by atoms with Crippen LogP contribution < -0.4 is 22.7 Å². The smallest absolute Gasteiger partial charge is 0.168 e. The van der Waals surface area contributed by atoms with E-state index in [1.54, 1.807) is 35.1 Å². The number of aryl methyl sites for hydroxylation is 1. The van der Waals surface area contributed by atoms with Crippen LogP contribution in [0.25, 0.3) is 0 Å². The number of benzene rings is 1. The number of aromatic nitrogens is 3. The molecule has 0 unspecified atom stereocenters. The Morgan fingerprint density at radius 2 is 1.79 bits per heavy atom. The van der Waals surface area contributed by atoms with Crippen molar-refractivity contribution in [3.05, 3.63) is 65.6 Å². The summed E-state index contributed by atoms with van der Waals surface area (Å²) >= 11 is 5.84. The van der Waals surface area contributed by atoms with E-state index in [0.29, 0.717) is 28.8 Å². The number of hydrogen-bond acceptors (Lipinski definition) is 4. The van der Waals surface area contributed by atoms with Crippen molar-refractivity contribution in [2.24, 2.45) is 17.3 Å². The summed E-state index contributed by atoms with van der Waals surface area (Å²) < 4.78 is 3.67. The van der Waals surface area contributed by atoms with Crippen LogP contribution in [0.1, 0.15) is 5.56 Å². The molecular weight excluding hydrogens is 347 g/mol. The van der Waals surface area contributed by atoms with Crippen LogP contribution in [0.15, 0.2) is 65.2 Å². The number of halogens is 2. The van der Waals surface area contributed by atoms with Gasteiger partial charge in [0, 0.05) is 17.2 Å². The molecule has 124 valence electrons. The Labute approximate surface area is 151 Å². The van der Waals surface area contributed by atoms with Crippen LogP contribution >= 0.6 is 11.6 Å². The van der Waals surface area contributed by atoms with Gasteiger partial charge in [-0.15, -0.1) is 5.11 Å². The third kappa shape index (κ3) is 4.31. The van der Waals surface area contributed by atoms with E-state index in [0.717, 1.165) is 5.56 Å². The van der Waals surface area contributed by atoms with Gasteiger partial charge in [0.05, 0.1) is 18.4 Å². The molecule has 3 aromatic rings. The van der Waals surface area contributed by atoms with Gasteiger partial charge in [-0.1, -0.05) is 11.6 Å². The van der Waals surface area contributed by atoms with Crippen LogP contribution in [0.2, 0.25) is 5.02 Å². The van der Waals surface area contributed by atoms with Crippen molar-refractivity contribution in [1.82, 2.24) is 9.78 Å². The lowest BCUT2D eigenvalue weighted by Gasteiger charge is -2.03. The Hall–Kier alpha value is -2.44. The maximum Gasteiger partial charge on any atom is 0.168 e. The Morgan fingerprint density at radius 3 is 2.46 bits per heavy atom. The molecule has 0 aliphatic heterocycles. The van der Waals surface area contributed by atoms with Gasteiger partial charge in [-0.3, -0.25) is 0 Å². The van der Waals surface area contributed by atoms with Crippen LogP contribution in [-0.2, 0) is 13.6 Å². The molecule has 0 bridgehead atoms. The van der Waals surface area contributed by atoms with Crippen LogP contribution in [0.3, 0.4) is 0 Å². The Bertz CT molecular complexity index is 825. The van der Waals surface area contributed by atoms with Crippen molar-refractivity contribution < 1.29 is 17.0 Å². The zero-order valence-corrected chi connectivity index (χ0v) is 14.5. The Kier molecular flexibility index (Phi) is 5.89. The van der Waals surface area contributed by atoms with Crippen molar-refractivity contribution in [2.75, 3.05) is 5.73 Å². The normalized spacial score (nSPS) is 10.8. The molecule has 0 aliphatic rings. The Morgan fingerprint density at radius 1 is 1.12 bits per heavy atom. The minimum Gasteiger partial charge on any atom is -1.00 e. The molecule has 2 N–H and O–H groups in total. The molecule has 0 aliphatic carbocycles. The maximum atomic E-state index is 6.09. The van der Waals surface area contributed by atoms with Gasteiger partial charge in [0.2, 0.25) is 0 Å². The average molecular weight is 363 g/mol. The highest BCUT2D eigenvalue weighted by molar-refractivity contribution is 6.30. The zero-order valence-electron chi connectivity index (χ0n) is 13.0. The second kappa shape index (κ2) is 7.90. The predicted molar refractivity (Wildman–Crippen MR) is 89.0 cm³/mol. The molecular formula is C16H16Cl2N6. The van der Waals surface area contributed by atoms with E-state index in [1.165, 1.54) is 0 Å². The summed E-state index contributed by atoms with van der Waals surface area (Å²) in [6, 6.07) is 11.1. The quantitative estimate of drug-likeness (QED) is 0.539. The molecule has 0 saturated carbocycles. The number of nitrogens with two attached hydrogens (primary N) is 1. The minimum atomic E-state index is 0. The number of pyridine rings is 1. The van der Waals surface area contributed by atoms with Gasteiger partial charge in [0.25, 0.3) is 0 Å². The molecule has 1 aromatic carbocycles. The van der Waals surface area contributed by atoms with Crippen LogP contribution in [0, 0.1) is 0 Å². The van der Waals surface area contributed by atoms with Gasteiger partial charge in [-0.05, 0) is 29.8 Å². The molecule has 0 saturated heterocycles. The fourth-order valence-electron chi connectivity index (χ4n) is 2.02. The highest BCUT2D eigenvalue weighted by atomic mass is 35.5. The monoisotopic (exact) mass is 362 g/mol.